The Labute approximate surface area is 184 Å². The normalized spacial score (nSPS) is 11.4. The molecule has 0 atom stereocenters. The van der Waals surface area contributed by atoms with Crippen molar-refractivity contribution in [3.63, 3.8) is 0 Å². The van der Waals surface area contributed by atoms with Gasteiger partial charge in [0.25, 0.3) is 0 Å². The predicted molar refractivity (Wildman–Crippen MR) is 124 cm³/mol. The fourth-order valence-corrected chi connectivity index (χ4v) is 4.33. The maximum absolute atomic E-state index is 13.5. The number of fused-ring (bicyclic) bond motifs is 1. The predicted octanol–water partition coefficient (Wildman–Crippen LogP) is 5.75. The smallest absolute Gasteiger partial charge is 0.203 e. The van der Waals surface area contributed by atoms with Gasteiger partial charge in [-0.3, -0.25) is 4.79 Å². The molecule has 0 N–H and O–H groups in total. The van der Waals surface area contributed by atoms with E-state index in [9.17, 15) is 4.79 Å². The summed E-state index contributed by atoms with van der Waals surface area (Å²) in [4.78, 5) is 18.2. The number of Topliss-reactive ketones (excluding diaryl/α,β-unsaturated/α-hetero) is 1. The Morgan fingerprint density at radius 2 is 1.55 bits per heavy atom. The number of ketones is 1. The number of nitrogens with zero attached hydrogens (tertiary/aromatic N) is 1. The van der Waals surface area contributed by atoms with Crippen LogP contribution in [0.15, 0.2) is 66.7 Å². The lowest BCUT2D eigenvalue weighted by Gasteiger charge is -2.14. The molecule has 4 aromatic rings. The number of rotatable bonds is 7. The quantitative estimate of drug-likeness (QED) is 0.276. The van der Waals surface area contributed by atoms with Gasteiger partial charge < -0.3 is 14.2 Å². The van der Waals surface area contributed by atoms with Gasteiger partial charge in [0.05, 0.1) is 37.1 Å². The monoisotopic (exact) mass is 431 g/mol. The van der Waals surface area contributed by atoms with E-state index in [0.29, 0.717) is 39.0 Å². The van der Waals surface area contributed by atoms with E-state index in [4.69, 9.17) is 19.2 Å². The molecule has 0 radical (unpaired) electrons. The van der Waals surface area contributed by atoms with Gasteiger partial charge in [0.15, 0.2) is 17.3 Å². The van der Waals surface area contributed by atoms with Gasteiger partial charge in [-0.2, -0.15) is 0 Å². The molecule has 0 aliphatic carbocycles. The first kappa shape index (κ1) is 20.6. The van der Waals surface area contributed by atoms with Crippen molar-refractivity contribution in [1.82, 2.24) is 4.98 Å². The lowest BCUT2D eigenvalue weighted by atomic mass is 10.0. The van der Waals surface area contributed by atoms with Crippen LogP contribution in [0.25, 0.3) is 21.9 Å². The second-order valence-corrected chi connectivity index (χ2v) is 7.69. The van der Waals surface area contributed by atoms with Crippen molar-refractivity contribution in [3.05, 3.63) is 82.9 Å². The topological polar surface area (TPSA) is 57.7 Å². The van der Waals surface area contributed by atoms with E-state index in [0.717, 1.165) is 10.2 Å². The Kier molecular flexibility index (Phi) is 6.00. The molecule has 0 saturated heterocycles. The highest BCUT2D eigenvalue weighted by molar-refractivity contribution is 7.20. The molecule has 0 spiro atoms. The molecule has 0 unspecified atom stereocenters. The van der Waals surface area contributed by atoms with Crippen LogP contribution in [0.3, 0.4) is 0 Å². The minimum Gasteiger partial charge on any atom is -0.493 e. The zero-order valence-corrected chi connectivity index (χ0v) is 18.2. The van der Waals surface area contributed by atoms with Gasteiger partial charge >= 0.3 is 0 Å². The molecule has 31 heavy (non-hydrogen) atoms. The summed E-state index contributed by atoms with van der Waals surface area (Å²) in [5, 5.41) is 0.645. The van der Waals surface area contributed by atoms with E-state index in [1.807, 2.05) is 48.5 Å². The molecule has 1 aromatic heterocycles. The molecule has 0 saturated carbocycles. The third-order valence-corrected chi connectivity index (χ3v) is 5.91. The van der Waals surface area contributed by atoms with Crippen molar-refractivity contribution < 1.29 is 19.0 Å². The Morgan fingerprint density at radius 3 is 2.23 bits per heavy atom. The number of carbonyl (C=O) groups excluding carboxylic acids is 1. The highest BCUT2D eigenvalue weighted by Gasteiger charge is 2.21. The molecule has 156 valence electrons. The van der Waals surface area contributed by atoms with Crippen molar-refractivity contribution in [2.24, 2.45) is 0 Å². The molecular weight excluding hydrogens is 410 g/mol. The van der Waals surface area contributed by atoms with Crippen LogP contribution in [-0.4, -0.2) is 32.1 Å². The summed E-state index contributed by atoms with van der Waals surface area (Å²) in [5.41, 5.74) is 2.62. The molecule has 6 heteroatoms. The zero-order chi connectivity index (χ0) is 21.8. The number of benzene rings is 3. The van der Waals surface area contributed by atoms with Crippen LogP contribution >= 0.6 is 11.3 Å². The summed E-state index contributed by atoms with van der Waals surface area (Å²) in [6.07, 6.45) is 1.80. The lowest BCUT2D eigenvalue weighted by molar-refractivity contribution is 0.105. The van der Waals surface area contributed by atoms with Crippen molar-refractivity contribution in [3.8, 4) is 17.2 Å². The number of carbonyl (C=O) groups is 1. The number of allylic oxidation sites excluding steroid dienone is 1. The summed E-state index contributed by atoms with van der Waals surface area (Å²) in [5.74, 6) is 1.39. The van der Waals surface area contributed by atoms with Crippen LogP contribution in [0.5, 0.6) is 17.2 Å². The maximum atomic E-state index is 13.5. The molecule has 3 aromatic carbocycles. The van der Waals surface area contributed by atoms with E-state index in [2.05, 4.69) is 0 Å². The average Bonchev–Trinajstić information content (AvgIpc) is 3.25. The van der Waals surface area contributed by atoms with Crippen LogP contribution < -0.4 is 14.2 Å². The van der Waals surface area contributed by atoms with Crippen LogP contribution in [0.1, 0.15) is 20.9 Å². The Balaban J connectivity index is 1.93. The van der Waals surface area contributed by atoms with Crippen LogP contribution in [-0.2, 0) is 0 Å². The molecule has 0 fully saturated rings. The van der Waals surface area contributed by atoms with Crippen molar-refractivity contribution in [2.45, 2.75) is 0 Å². The van der Waals surface area contributed by atoms with Gasteiger partial charge in [-0.25, -0.2) is 4.98 Å². The minimum absolute atomic E-state index is 0.114. The van der Waals surface area contributed by atoms with Gasteiger partial charge in [0.1, 0.15) is 5.01 Å². The summed E-state index contributed by atoms with van der Waals surface area (Å²) in [6, 6.07) is 20.6. The lowest BCUT2D eigenvalue weighted by Crippen LogP contribution is -2.03. The van der Waals surface area contributed by atoms with Crippen LogP contribution in [0, 0.1) is 0 Å². The van der Waals surface area contributed by atoms with Crippen molar-refractivity contribution >= 4 is 39.0 Å². The SMILES string of the molecule is COc1ccc(/C=C(/C(=O)c2ccccc2)c2nc3ccccc3s2)c(OC)c1OC. The number of aromatic nitrogens is 1. The first-order valence-corrected chi connectivity index (χ1v) is 10.4. The summed E-state index contributed by atoms with van der Waals surface area (Å²) >= 11 is 1.48. The molecule has 4 rings (SSSR count). The second-order valence-electron chi connectivity index (χ2n) is 6.66. The number of thiazole rings is 1. The van der Waals surface area contributed by atoms with Gasteiger partial charge in [0.2, 0.25) is 5.75 Å². The van der Waals surface area contributed by atoms with Gasteiger partial charge in [-0.1, -0.05) is 42.5 Å². The number of ether oxygens (including phenoxy) is 3. The second kappa shape index (κ2) is 9.02. The average molecular weight is 432 g/mol. The van der Waals surface area contributed by atoms with Gasteiger partial charge in [-0.15, -0.1) is 11.3 Å². The Hall–Kier alpha value is -3.64. The maximum Gasteiger partial charge on any atom is 0.203 e. The first-order valence-electron chi connectivity index (χ1n) is 9.62. The van der Waals surface area contributed by atoms with E-state index in [1.54, 1.807) is 45.6 Å². The molecular formula is C25H21NO4S. The van der Waals surface area contributed by atoms with E-state index in [1.165, 1.54) is 11.3 Å². The van der Waals surface area contributed by atoms with Crippen molar-refractivity contribution in [2.75, 3.05) is 21.3 Å². The molecule has 0 aliphatic rings. The molecule has 0 amide bonds. The Morgan fingerprint density at radius 1 is 0.839 bits per heavy atom. The van der Waals surface area contributed by atoms with E-state index in [-0.39, 0.29) is 5.78 Å². The molecule has 1 heterocycles. The Bertz CT molecular complexity index is 1230. The summed E-state index contributed by atoms with van der Waals surface area (Å²) < 4.78 is 17.5. The van der Waals surface area contributed by atoms with Crippen molar-refractivity contribution in [1.29, 1.82) is 0 Å². The number of methoxy groups -OCH3 is 3. The molecule has 5 nitrogen and oxygen atoms in total. The highest BCUT2D eigenvalue weighted by Crippen LogP contribution is 2.41. The largest absolute Gasteiger partial charge is 0.493 e. The summed E-state index contributed by atoms with van der Waals surface area (Å²) in [7, 11) is 4.68. The number of hydrogen-bond donors (Lipinski definition) is 0. The number of para-hydroxylation sites is 1. The molecule has 0 bridgehead atoms. The van der Waals surface area contributed by atoms with E-state index < -0.39 is 0 Å². The fraction of sp³-hybridized carbons (Fsp3) is 0.120. The van der Waals surface area contributed by atoms with Crippen LogP contribution in [0.4, 0.5) is 0 Å². The van der Waals surface area contributed by atoms with Crippen LogP contribution in [0.2, 0.25) is 0 Å². The minimum atomic E-state index is -0.114. The highest BCUT2D eigenvalue weighted by atomic mass is 32.1. The number of hydrogen-bond acceptors (Lipinski definition) is 6. The van der Waals surface area contributed by atoms with Gasteiger partial charge in [-0.05, 0) is 30.3 Å². The standard InChI is InChI=1S/C25H21NO4S/c1-28-20-14-13-17(23(29-2)24(20)30-3)15-18(22(27)16-9-5-4-6-10-16)25-26-19-11-7-8-12-21(19)31-25/h4-15H,1-3H3/b18-15-. The first-order chi connectivity index (χ1) is 15.2. The molecule has 0 aliphatic heterocycles. The zero-order valence-electron chi connectivity index (χ0n) is 17.4. The van der Waals surface area contributed by atoms with E-state index >= 15 is 0 Å². The fourth-order valence-electron chi connectivity index (χ4n) is 3.35. The summed E-state index contributed by atoms with van der Waals surface area (Å²) in [6.45, 7) is 0. The van der Waals surface area contributed by atoms with Gasteiger partial charge in [0, 0.05) is 11.1 Å². The third-order valence-electron chi connectivity index (χ3n) is 4.84. The third kappa shape index (κ3) is 4.02.